The highest BCUT2D eigenvalue weighted by atomic mass is 16.3. The van der Waals surface area contributed by atoms with Gasteiger partial charge in [0, 0.05) is 31.9 Å². The average Bonchev–Trinajstić information content (AvgIpc) is 2.52. The molecule has 1 amide bonds. The summed E-state index contributed by atoms with van der Waals surface area (Å²) in [7, 11) is 3.93. The van der Waals surface area contributed by atoms with Crippen LogP contribution in [0.15, 0.2) is 48.5 Å². The van der Waals surface area contributed by atoms with E-state index in [1.165, 1.54) is 0 Å². The molecule has 0 aliphatic heterocycles. The summed E-state index contributed by atoms with van der Waals surface area (Å²) < 4.78 is 0. The summed E-state index contributed by atoms with van der Waals surface area (Å²) in [5.41, 5.74) is 2.70. The minimum atomic E-state index is -0.851. The summed E-state index contributed by atoms with van der Waals surface area (Å²) in [5.74, 6) is -0.0955. The van der Waals surface area contributed by atoms with Gasteiger partial charge in [-0.3, -0.25) is 4.79 Å². The summed E-state index contributed by atoms with van der Waals surface area (Å²) >= 11 is 0. The zero-order chi connectivity index (χ0) is 17.0. The quantitative estimate of drug-likeness (QED) is 0.892. The van der Waals surface area contributed by atoms with Crippen LogP contribution >= 0.6 is 0 Å². The molecule has 0 unspecified atom stereocenters. The zero-order valence-corrected chi connectivity index (χ0v) is 14.1. The molecule has 4 nitrogen and oxygen atoms in total. The lowest BCUT2D eigenvalue weighted by atomic mass is 9.97. The topological polar surface area (TPSA) is 52.6 Å². The molecule has 0 aliphatic rings. The van der Waals surface area contributed by atoms with Gasteiger partial charge < -0.3 is 15.3 Å². The van der Waals surface area contributed by atoms with E-state index in [0.717, 1.165) is 16.8 Å². The zero-order valence-electron chi connectivity index (χ0n) is 14.1. The first kappa shape index (κ1) is 17.0. The highest BCUT2D eigenvalue weighted by Gasteiger charge is 2.15. The molecule has 2 N–H and O–H groups in total. The summed E-state index contributed by atoms with van der Waals surface area (Å²) in [5, 5.41) is 12.8. The molecule has 2 rings (SSSR count). The number of hydrogen-bond acceptors (Lipinski definition) is 3. The molecular weight excluding hydrogens is 288 g/mol. The van der Waals surface area contributed by atoms with Crippen LogP contribution in [0.2, 0.25) is 0 Å². The van der Waals surface area contributed by atoms with Gasteiger partial charge in [-0.1, -0.05) is 24.3 Å². The van der Waals surface area contributed by atoms with Crippen LogP contribution in [0, 0.1) is 0 Å². The number of rotatable bonds is 5. The molecule has 23 heavy (non-hydrogen) atoms. The lowest BCUT2D eigenvalue weighted by molar-refractivity contribution is 0.0785. The first-order valence-electron chi connectivity index (χ1n) is 7.65. The summed E-state index contributed by atoms with van der Waals surface area (Å²) in [6, 6.07) is 15.1. The van der Waals surface area contributed by atoms with E-state index < -0.39 is 5.60 Å². The Kier molecular flexibility index (Phi) is 5.06. The van der Waals surface area contributed by atoms with E-state index in [-0.39, 0.29) is 5.91 Å². The number of nitrogens with one attached hydrogen (secondary N) is 1. The van der Waals surface area contributed by atoms with Gasteiger partial charge in [0.25, 0.3) is 5.91 Å². The van der Waals surface area contributed by atoms with Crippen LogP contribution in [0.3, 0.4) is 0 Å². The van der Waals surface area contributed by atoms with E-state index in [1.54, 1.807) is 13.8 Å². The fourth-order valence-corrected chi connectivity index (χ4v) is 2.23. The van der Waals surface area contributed by atoms with Gasteiger partial charge in [-0.05, 0) is 49.2 Å². The van der Waals surface area contributed by atoms with Crippen molar-refractivity contribution in [3.05, 3.63) is 65.2 Å². The summed E-state index contributed by atoms with van der Waals surface area (Å²) in [6.45, 7) is 3.96. The van der Waals surface area contributed by atoms with Gasteiger partial charge in [0.05, 0.1) is 5.60 Å². The minimum absolute atomic E-state index is 0.0955. The third-order valence-electron chi connectivity index (χ3n) is 3.76. The molecule has 0 aromatic heterocycles. The maximum absolute atomic E-state index is 12.2. The predicted octanol–water partition coefficient (Wildman–Crippen LogP) is 2.91. The number of carbonyl (C=O) groups is 1. The number of anilines is 1. The number of hydrogen-bond donors (Lipinski definition) is 2. The first-order valence-corrected chi connectivity index (χ1v) is 7.65. The van der Waals surface area contributed by atoms with Gasteiger partial charge in [0.2, 0.25) is 0 Å². The Bertz CT molecular complexity index is 653. The number of benzene rings is 2. The van der Waals surface area contributed by atoms with Crippen LogP contribution in [0.1, 0.15) is 35.3 Å². The molecule has 0 atom stereocenters. The van der Waals surface area contributed by atoms with Crippen molar-refractivity contribution in [3.63, 3.8) is 0 Å². The second-order valence-electron chi connectivity index (χ2n) is 6.38. The molecule has 0 radical (unpaired) electrons. The van der Waals surface area contributed by atoms with Crippen molar-refractivity contribution in [2.75, 3.05) is 19.0 Å². The van der Waals surface area contributed by atoms with Crippen molar-refractivity contribution in [2.24, 2.45) is 0 Å². The number of nitrogens with zero attached hydrogens (tertiary/aromatic N) is 1. The monoisotopic (exact) mass is 312 g/mol. The molecule has 0 heterocycles. The fraction of sp³-hybridized carbons (Fsp3) is 0.316. The predicted molar refractivity (Wildman–Crippen MR) is 93.6 cm³/mol. The molecule has 2 aromatic carbocycles. The molecule has 0 spiro atoms. The maximum Gasteiger partial charge on any atom is 0.251 e. The molecule has 0 bridgehead atoms. The third-order valence-corrected chi connectivity index (χ3v) is 3.76. The summed E-state index contributed by atoms with van der Waals surface area (Å²) in [6.07, 6.45) is 0. The molecule has 4 heteroatoms. The SMILES string of the molecule is CN(C)c1ccc(C(=O)NCc2ccc(C(C)(C)O)cc2)cc1. The molecular formula is C19H24N2O2. The van der Waals surface area contributed by atoms with Crippen LogP contribution in [0.4, 0.5) is 5.69 Å². The Morgan fingerprint density at radius 1 is 1.04 bits per heavy atom. The van der Waals surface area contributed by atoms with Crippen molar-refractivity contribution in [3.8, 4) is 0 Å². The third kappa shape index (κ3) is 4.57. The molecule has 0 saturated heterocycles. The highest BCUT2D eigenvalue weighted by Crippen LogP contribution is 2.19. The van der Waals surface area contributed by atoms with Gasteiger partial charge in [0.1, 0.15) is 0 Å². The summed E-state index contributed by atoms with van der Waals surface area (Å²) in [4.78, 5) is 14.2. The minimum Gasteiger partial charge on any atom is -0.386 e. The second-order valence-corrected chi connectivity index (χ2v) is 6.38. The van der Waals surface area contributed by atoms with Gasteiger partial charge in [-0.25, -0.2) is 0 Å². The van der Waals surface area contributed by atoms with Gasteiger partial charge in [0.15, 0.2) is 0 Å². The van der Waals surface area contributed by atoms with Crippen LogP contribution in [-0.2, 0) is 12.1 Å². The van der Waals surface area contributed by atoms with E-state index in [2.05, 4.69) is 5.32 Å². The largest absolute Gasteiger partial charge is 0.386 e. The molecule has 122 valence electrons. The molecule has 2 aromatic rings. The lowest BCUT2D eigenvalue weighted by Gasteiger charge is -2.18. The Morgan fingerprint density at radius 2 is 1.61 bits per heavy atom. The van der Waals surface area contributed by atoms with Crippen molar-refractivity contribution < 1.29 is 9.90 Å². The molecule has 0 saturated carbocycles. The number of aliphatic hydroxyl groups is 1. The smallest absolute Gasteiger partial charge is 0.251 e. The van der Waals surface area contributed by atoms with Crippen LogP contribution in [0.5, 0.6) is 0 Å². The van der Waals surface area contributed by atoms with E-state index in [4.69, 9.17) is 0 Å². The van der Waals surface area contributed by atoms with Crippen LogP contribution in [0.25, 0.3) is 0 Å². The van der Waals surface area contributed by atoms with Crippen molar-refractivity contribution in [1.82, 2.24) is 5.32 Å². The standard InChI is InChI=1S/C19H24N2O2/c1-19(2,23)16-9-5-14(6-10-16)13-20-18(22)15-7-11-17(12-8-15)21(3)4/h5-12,23H,13H2,1-4H3,(H,20,22). The maximum atomic E-state index is 12.2. The molecule has 0 fully saturated rings. The first-order chi connectivity index (χ1) is 10.8. The van der Waals surface area contributed by atoms with E-state index >= 15 is 0 Å². The van der Waals surface area contributed by atoms with Gasteiger partial charge in [-0.15, -0.1) is 0 Å². The Balaban J connectivity index is 1.96. The second kappa shape index (κ2) is 6.84. The van der Waals surface area contributed by atoms with Crippen LogP contribution < -0.4 is 10.2 Å². The fourth-order valence-electron chi connectivity index (χ4n) is 2.23. The number of carbonyl (C=O) groups excluding carboxylic acids is 1. The lowest BCUT2D eigenvalue weighted by Crippen LogP contribution is -2.23. The molecule has 0 aliphatic carbocycles. The van der Waals surface area contributed by atoms with Gasteiger partial charge in [-0.2, -0.15) is 0 Å². The van der Waals surface area contributed by atoms with E-state index in [1.807, 2.05) is 67.5 Å². The normalized spacial score (nSPS) is 11.2. The number of amides is 1. The Hall–Kier alpha value is -2.33. The Labute approximate surface area is 137 Å². The van der Waals surface area contributed by atoms with Crippen molar-refractivity contribution >= 4 is 11.6 Å². The highest BCUT2D eigenvalue weighted by molar-refractivity contribution is 5.94. The van der Waals surface area contributed by atoms with Crippen LogP contribution in [-0.4, -0.2) is 25.1 Å². The van der Waals surface area contributed by atoms with E-state index in [0.29, 0.717) is 12.1 Å². The average molecular weight is 312 g/mol. The van der Waals surface area contributed by atoms with Crippen molar-refractivity contribution in [2.45, 2.75) is 26.0 Å². The van der Waals surface area contributed by atoms with E-state index in [9.17, 15) is 9.90 Å². The van der Waals surface area contributed by atoms with Gasteiger partial charge >= 0.3 is 0 Å². The van der Waals surface area contributed by atoms with Crippen molar-refractivity contribution in [1.29, 1.82) is 0 Å². The Morgan fingerprint density at radius 3 is 2.09 bits per heavy atom.